The highest BCUT2D eigenvalue weighted by Gasteiger charge is 2.22. The number of nitrogens with one attached hydrogen (secondary N) is 1. The lowest BCUT2D eigenvalue weighted by Crippen LogP contribution is -2.38. The summed E-state index contributed by atoms with van der Waals surface area (Å²) in [7, 11) is 3.52. The normalized spacial score (nSPS) is 15.0. The van der Waals surface area contributed by atoms with Gasteiger partial charge in [-0.2, -0.15) is 10.2 Å². The van der Waals surface area contributed by atoms with Crippen LogP contribution < -0.4 is 5.32 Å². The molecular formula is C18H27N7O2. The van der Waals surface area contributed by atoms with Gasteiger partial charge in [-0.1, -0.05) is 6.92 Å². The molecule has 146 valence electrons. The molecule has 9 nitrogen and oxygen atoms in total. The molecule has 3 rings (SSSR count). The lowest BCUT2D eigenvalue weighted by Gasteiger charge is -2.24. The molecule has 0 fully saturated rings. The van der Waals surface area contributed by atoms with Gasteiger partial charge in [0.15, 0.2) is 0 Å². The molecule has 0 saturated carbocycles. The number of carbonyl (C=O) groups is 2. The molecule has 1 N–H and O–H groups in total. The SMILES string of the molecule is CC[C@@H](C(=O)NCc1cc2n(n1)CCCN(C(=O)N(C)C)C2)n1cccn1. The summed E-state index contributed by atoms with van der Waals surface area (Å²) in [6.07, 6.45) is 4.98. The fraction of sp³-hybridized carbons (Fsp3) is 0.556. The molecule has 1 aliphatic heterocycles. The second-order valence-corrected chi connectivity index (χ2v) is 6.93. The van der Waals surface area contributed by atoms with Crippen LogP contribution in [0.4, 0.5) is 4.79 Å². The maximum atomic E-state index is 12.5. The maximum Gasteiger partial charge on any atom is 0.319 e. The molecule has 0 saturated heterocycles. The monoisotopic (exact) mass is 373 g/mol. The number of nitrogens with zero attached hydrogens (tertiary/aromatic N) is 6. The van der Waals surface area contributed by atoms with Gasteiger partial charge in [-0.3, -0.25) is 14.2 Å². The molecule has 1 aliphatic rings. The van der Waals surface area contributed by atoms with Crippen LogP contribution >= 0.6 is 0 Å². The molecule has 0 aliphatic carbocycles. The zero-order valence-corrected chi connectivity index (χ0v) is 16.1. The van der Waals surface area contributed by atoms with E-state index in [1.165, 1.54) is 0 Å². The van der Waals surface area contributed by atoms with Crippen molar-refractivity contribution in [3.63, 3.8) is 0 Å². The fourth-order valence-corrected chi connectivity index (χ4v) is 3.31. The third-order valence-corrected chi connectivity index (χ3v) is 4.70. The Morgan fingerprint density at radius 3 is 2.81 bits per heavy atom. The smallest absolute Gasteiger partial charge is 0.319 e. The molecule has 2 aromatic heterocycles. The summed E-state index contributed by atoms with van der Waals surface area (Å²) in [6, 6.07) is 3.46. The second-order valence-electron chi connectivity index (χ2n) is 6.93. The first-order chi connectivity index (χ1) is 13.0. The van der Waals surface area contributed by atoms with Crippen LogP contribution in [0.2, 0.25) is 0 Å². The van der Waals surface area contributed by atoms with Crippen molar-refractivity contribution in [2.45, 2.75) is 45.4 Å². The van der Waals surface area contributed by atoms with Gasteiger partial charge in [-0.15, -0.1) is 0 Å². The molecule has 1 atom stereocenters. The van der Waals surface area contributed by atoms with Gasteiger partial charge in [-0.25, -0.2) is 4.79 Å². The number of rotatable bonds is 5. The average molecular weight is 373 g/mol. The lowest BCUT2D eigenvalue weighted by molar-refractivity contribution is -0.124. The zero-order valence-electron chi connectivity index (χ0n) is 16.1. The van der Waals surface area contributed by atoms with E-state index in [0.717, 1.165) is 24.4 Å². The molecule has 0 spiro atoms. The first kappa shape index (κ1) is 18.9. The van der Waals surface area contributed by atoms with Crippen LogP contribution in [-0.4, -0.2) is 61.9 Å². The van der Waals surface area contributed by atoms with Crippen molar-refractivity contribution in [2.75, 3.05) is 20.6 Å². The van der Waals surface area contributed by atoms with Crippen molar-refractivity contribution >= 4 is 11.9 Å². The van der Waals surface area contributed by atoms with Crippen LogP contribution in [0.3, 0.4) is 0 Å². The molecule has 0 bridgehead atoms. The minimum atomic E-state index is -0.325. The van der Waals surface area contributed by atoms with E-state index in [2.05, 4.69) is 15.5 Å². The summed E-state index contributed by atoms with van der Waals surface area (Å²) in [5.74, 6) is -0.0752. The van der Waals surface area contributed by atoms with Crippen LogP contribution in [-0.2, 0) is 24.4 Å². The zero-order chi connectivity index (χ0) is 19.4. The van der Waals surface area contributed by atoms with Gasteiger partial charge in [0.1, 0.15) is 6.04 Å². The highest BCUT2D eigenvalue weighted by atomic mass is 16.2. The lowest BCUT2D eigenvalue weighted by atomic mass is 10.2. The first-order valence-corrected chi connectivity index (χ1v) is 9.28. The number of aromatic nitrogens is 4. The van der Waals surface area contributed by atoms with Gasteiger partial charge in [0.25, 0.3) is 0 Å². The Bertz CT molecular complexity index is 782. The predicted molar refractivity (Wildman–Crippen MR) is 99.7 cm³/mol. The van der Waals surface area contributed by atoms with Gasteiger partial charge in [0.05, 0.1) is 24.5 Å². The molecule has 3 amide bonds. The third kappa shape index (κ3) is 4.29. The van der Waals surface area contributed by atoms with Crippen molar-refractivity contribution in [3.8, 4) is 0 Å². The number of urea groups is 1. The van der Waals surface area contributed by atoms with E-state index in [1.54, 1.807) is 36.1 Å². The summed E-state index contributed by atoms with van der Waals surface area (Å²) in [5, 5.41) is 11.7. The molecule has 2 aromatic rings. The van der Waals surface area contributed by atoms with E-state index in [-0.39, 0.29) is 18.0 Å². The molecule has 0 aromatic carbocycles. The number of amides is 3. The highest BCUT2D eigenvalue weighted by Crippen LogP contribution is 2.15. The summed E-state index contributed by atoms with van der Waals surface area (Å²) < 4.78 is 3.61. The first-order valence-electron chi connectivity index (χ1n) is 9.28. The summed E-state index contributed by atoms with van der Waals surface area (Å²) in [6.45, 7) is 4.34. The van der Waals surface area contributed by atoms with E-state index < -0.39 is 0 Å². The quantitative estimate of drug-likeness (QED) is 0.854. The predicted octanol–water partition coefficient (Wildman–Crippen LogP) is 1.23. The molecule has 0 unspecified atom stereocenters. The van der Waals surface area contributed by atoms with Crippen molar-refractivity contribution in [2.24, 2.45) is 0 Å². The van der Waals surface area contributed by atoms with Gasteiger partial charge >= 0.3 is 6.03 Å². The van der Waals surface area contributed by atoms with Crippen molar-refractivity contribution < 1.29 is 9.59 Å². The summed E-state index contributed by atoms with van der Waals surface area (Å²) in [4.78, 5) is 28.2. The molecular weight excluding hydrogens is 346 g/mol. The van der Waals surface area contributed by atoms with E-state index in [0.29, 0.717) is 26.1 Å². The van der Waals surface area contributed by atoms with E-state index >= 15 is 0 Å². The van der Waals surface area contributed by atoms with Gasteiger partial charge < -0.3 is 15.1 Å². The maximum absolute atomic E-state index is 12.5. The summed E-state index contributed by atoms with van der Waals surface area (Å²) in [5.41, 5.74) is 1.79. The molecule has 9 heteroatoms. The third-order valence-electron chi connectivity index (χ3n) is 4.70. The number of aryl methyl sites for hydroxylation is 1. The summed E-state index contributed by atoms with van der Waals surface area (Å²) >= 11 is 0. The van der Waals surface area contributed by atoms with Gasteiger partial charge in [0.2, 0.25) is 5.91 Å². The number of hydrogen-bond donors (Lipinski definition) is 1. The molecule has 3 heterocycles. The Labute approximate surface area is 158 Å². The van der Waals surface area contributed by atoms with Crippen LogP contribution in [0.15, 0.2) is 24.5 Å². The average Bonchev–Trinajstić information content (AvgIpc) is 3.26. The Hall–Kier alpha value is -2.84. The van der Waals surface area contributed by atoms with Crippen molar-refractivity contribution in [1.82, 2.24) is 34.7 Å². The standard InChI is InChI=1S/C18H27N7O2/c1-4-16(25-9-5-7-20-25)17(26)19-12-14-11-15-13-23(18(27)22(2)3)8-6-10-24(15)21-14/h5,7,9,11,16H,4,6,8,10,12-13H2,1-3H3,(H,19,26)/t16-/m0/s1. The van der Waals surface area contributed by atoms with E-state index in [1.807, 2.05) is 28.6 Å². The van der Waals surface area contributed by atoms with Crippen molar-refractivity contribution in [3.05, 3.63) is 35.9 Å². The molecule has 27 heavy (non-hydrogen) atoms. The van der Waals surface area contributed by atoms with Crippen LogP contribution in [0, 0.1) is 0 Å². The van der Waals surface area contributed by atoms with Crippen LogP contribution in [0.5, 0.6) is 0 Å². The number of hydrogen-bond acceptors (Lipinski definition) is 4. The van der Waals surface area contributed by atoms with E-state index in [9.17, 15) is 9.59 Å². The Morgan fingerprint density at radius 1 is 1.33 bits per heavy atom. The number of carbonyl (C=O) groups excluding carboxylic acids is 2. The molecule has 0 radical (unpaired) electrons. The van der Waals surface area contributed by atoms with Crippen molar-refractivity contribution in [1.29, 1.82) is 0 Å². The topological polar surface area (TPSA) is 88.3 Å². The number of fused-ring (bicyclic) bond motifs is 1. The Morgan fingerprint density at radius 2 is 2.15 bits per heavy atom. The Balaban J connectivity index is 1.63. The Kier molecular flexibility index (Phi) is 5.78. The fourth-order valence-electron chi connectivity index (χ4n) is 3.31. The minimum absolute atomic E-state index is 0.00418. The van der Waals surface area contributed by atoms with E-state index in [4.69, 9.17) is 0 Å². The van der Waals surface area contributed by atoms with Gasteiger partial charge in [-0.05, 0) is 25.0 Å². The van der Waals surface area contributed by atoms with Crippen LogP contribution in [0.25, 0.3) is 0 Å². The van der Waals surface area contributed by atoms with Gasteiger partial charge in [0, 0.05) is 39.6 Å². The second kappa shape index (κ2) is 8.24. The highest BCUT2D eigenvalue weighted by molar-refractivity contribution is 5.80. The van der Waals surface area contributed by atoms with Crippen LogP contribution in [0.1, 0.15) is 37.2 Å². The largest absolute Gasteiger partial charge is 0.349 e. The minimum Gasteiger partial charge on any atom is -0.349 e.